The number of anilines is 1. The van der Waals surface area contributed by atoms with Crippen LogP contribution in [-0.2, 0) is 0 Å². The number of amides is 1. The fraction of sp³-hybridized carbons (Fsp3) is 0.353. The number of carbonyl (C=O) groups excluding carboxylic acids is 1. The summed E-state index contributed by atoms with van der Waals surface area (Å²) < 4.78 is 0. The van der Waals surface area contributed by atoms with Crippen molar-refractivity contribution in [1.82, 2.24) is 4.90 Å². The van der Waals surface area contributed by atoms with Crippen LogP contribution in [0.5, 0.6) is 0 Å². The van der Waals surface area contributed by atoms with Crippen LogP contribution in [-0.4, -0.2) is 28.8 Å². The van der Waals surface area contributed by atoms with Crippen LogP contribution >= 0.6 is 11.3 Å². The van der Waals surface area contributed by atoms with E-state index in [0.29, 0.717) is 17.3 Å². The van der Waals surface area contributed by atoms with Crippen molar-refractivity contribution in [1.29, 1.82) is 0 Å². The molecule has 126 valence electrons. The van der Waals surface area contributed by atoms with E-state index in [0.717, 1.165) is 17.7 Å². The van der Waals surface area contributed by atoms with Gasteiger partial charge < -0.3 is 10.2 Å². The number of nitro benzene ring substituents is 1. The van der Waals surface area contributed by atoms with Crippen molar-refractivity contribution in [2.24, 2.45) is 0 Å². The molecule has 0 radical (unpaired) electrons. The second-order valence-corrected chi connectivity index (χ2v) is 6.99. The van der Waals surface area contributed by atoms with E-state index in [2.05, 4.69) is 5.32 Å². The maximum atomic E-state index is 12.7. The van der Waals surface area contributed by atoms with Crippen molar-refractivity contribution >= 4 is 28.6 Å². The van der Waals surface area contributed by atoms with Gasteiger partial charge in [0.25, 0.3) is 11.6 Å². The standard InChI is InChI=1S/C17H19N3O3S/c1-11(16-4-3-9-24-16)19(2)17(21)12-5-8-14(18-13-6-7-13)15(10-12)20(22)23/h3-5,8-11,13,18H,6-7H2,1-2H3/t11-/m1/s1. The quantitative estimate of drug-likeness (QED) is 0.633. The molecular formula is C17H19N3O3S. The lowest BCUT2D eigenvalue weighted by atomic mass is 10.1. The molecule has 7 heteroatoms. The third kappa shape index (κ3) is 3.41. The number of hydrogen-bond donors (Lipinski definition) is 1. The van der Waals surface area contributed by atoms with E-state index in [9.17, 15) is 14.9 Å². The smallest absolute Gasteiger partial charge is 0.293 e. The maximum Gasteiger partial charge on any atom is 0.293 e. The minimum absolute atomic E-state index is 0.0510. The summed E-state index contributed by atoms with van der Waals surface area (Å²) in [5.41, 5.74) is 0.756. The van der Waals surface area contributed by atoms with E-state index in [1.54, 1.807) is 35.4 Å². The average molecular weight is 345 g/mol. The minimum Gasteiger partial charge on any atom is -0.377 e. The second-order valence-electron chi connectivity index (χ2n) is 6.02. The molecule has 1 aliphatic carbocycles. The zero-order chi connectivity index (χ0) is 17.3. The van der Waals surface area contributed by atoms with Gasteiger partial charge in [0.2, 0.25) is 0 Å². The Hall–Kier alpha value is -2.41. The molecule has 6 nitrogen and oxygen atoms in total. The molecule has 0 saturated heterocycles. The van der Waals surface area contributed by atoms with Gasteiger partial charge in [-0.05, 0) is 43.3 Å². The third-order valence-corrected chi connectivity index (χ3v) is 5.28. The maximum absolute atomic E-state index is 12.7. The number of nitrogens with zero attached hydrogens (tertiary/aromatic N) is 2. The molecule has 1 aromatic carbocycles. The average Bonchev–Trinajstić information content (AvgIpc) is 3.22. The van der Waals surface area contributed by atoms with E-state index in [1.807, 2.05) is 24.4 Å². The Morgan fingerprint density at radius 3 is 2.75 bits per heavy atom. The monoisotopic (exact) mass is 345 g/mol. The third-order valence-electron chi connectivity index (χ3n) is 4.23. The lowest BCUT2D eigenvalue weighted by molar-refractivity contribution is -0.384. The molecule has 2 aromatic rings. The second kappa shape index (κ2) is 6.60. The first-order chi connectivity index (χ1) is 11.5. The van der Waals surface area contributed by atoms with Gasteiger partial charge in [0.05, 0.1) is 11.0 Å². The molecule has 0 unspecified atom stereocenters. The van der Waals surface area contributed by atoms with Gasteiger partial charge in [0.1, 0.15) is 5.69 Å². The summed E-state index contributed by atoms with van der Waals surface area (Å²) in [6.07, 6.45) is 2.05. The summed E-state index contributed by atoms with van der Waals surface area (Å²) in [6, 6.07) is 8.80. The van der Waals surface area contributed by atoms with Crippen LogP contribution in [0.2, 0.25) is 0 Å². The van der Waals surface area contributed by atoms with E-state index >= 15 is 0 Å². The lowest BCUT2D eigenvalue weighted by Gasteiger charge is -2.24. The SMILES string of the molecule is C[C@H](c1cccs1)N(C)C(=O)c1ccc(NC2CC2)c([N+](=O)[O-])c1. The number of carbonyl (C=O) groups is 1. The Kier molecular flexibility index (Phi) is 4.53. The molecule has 1 fully saturated rings. The number of nitro groups is 1. The van der Waals surface area contributed by atoms with Crippen LogP contribution in [0.15, 0.2) is 35.7 Å². The Bertz CT molecular complexity index is 756. The van der Waals surface area contributed by atoms with Gasteiger partial charge in [-0.2, -0.15) is 0 Å². The summed E-state index contributed by atoms with van der Waals surface area (Å²) in [5.74, 6) is -0.225. The summed E-state index contributed by atoms with van der Waals surface area (Å²) in [7, 11) is 1.72. The number of hydrogen-bond acceptors (Lipinski definition) is 5. The summed E-state index contributed by atoms with van der Waals surface area (Å²) in [5, 5.41) is 16.4. The molecule has 1 saturated carbocycles. The van der Waals surface area contributed by atoms with Gasteiger partial charge in [-0.3, -0.25) is 14.9 Å². The van der Waals surface area contributed by atoms with Crippen molar-refractivity contribution in [3.8, 4) is 0 Å². The first-order valence-corrected chi connectivity index (χ1v) is 8.71. The highest BCUT2D eigenvalue weighted by molar-refractivity contribution is 7.10. The van der Waals surface area contributed by atoms with Crippen LogP contribution in [0.25, 0.3) is 0 Å². The largest absolute Gasteiger partial charge is 0.377 e. The zero-order valence-electron chi connectivity index (χ0n) is 13.6. The Labute approximate surface area is 144 Å². The number of rotatable bonds is 6. The van der Waals surface area contributed by atoms with Crippen LogP contribution < -0.4 is 5.32 Å². The summed E-state index contributed by atoms with van der Waals surface area (Å²) in [4.78, 5) is 26.3. The summed E-state index contributed by atoms with van der Waals surface area (Å²) >= 11 is 1.58. The lowest BCUT2D eigenvalue weighted by Crippen LogP contribution is -2.29. The van der Waals surface area contributed by atoms with Crippen LogP contribution in [0.4, 0.5) is 11.4 Å². The molecule has 3 rings (SSSR count). The molecule has 24 heavy (non-hydrogen) atoms. The number of nitrogens with one attached hydrogen (secondary N) is 1. The Morgan fingerprint density at radius 1 is 1.42 bits per heavy atom. The zero-order valence-corrected chi connectivity index (χ0v) is 14.4. The van der Waals surface area contributed by atoms with E-state index in [4.69, 9.17) is 0 Å². The highest BCUT2D eigenvalue weighted by Crippen LogP contribution is 2.32. The Balaban J connectivity index is 1.83. The van der Waals surface area contributed by atoms with Crippen LogP contribution in [0.3, 0.4) is 0 Å². The molecule has 1 atom stereocenters. The van der Waals surface area contributed by atoms with Gasteiger partial charge >= 0.3 is 0 Å². The molecule has 0 bridgehead atoms. The van der Waals surface area contributed by atoms with Gasteiger partial charge in [-0.1, -0.05) is 6.07 Å². The van der Waals surface area contributed by atoms with Crippen molar-refractivity contribution < 1.29 is 9.72 Å². The van der Waals surface area contributed by atoms with Crippen molar-refractivity contribution in [2.75, 3.05) is 12.4 Å². The Morgan fingerprint density at radius 2 is 2.17 bits per heavy atom. The first kappa shape index (κ1) is 16.4. The van der Waals surface area contributed by atoms with Crippen molar-refractivity contribution in [3.63, 3.8) is 0 Å². The van der Waals surface area contributed by atoms with E-state index in [-0.39, 0.29) is 17.6 Å². The van der Waals surface area contributed by atoms with Crippen LogP contribution in [0.1, 0.15) is 41.0 Å². The van der Waals surface area contributed by atoms with Crippen molar-refractivity contribution in [2.45, 2.75) is 31.8 Å². The van der Waals surface area contributed by atoms with E-state index in [1.165, 1.54) is 6.07 Å². The molecule has 1 N–H and O–H groups in total. The fourth-order valence-corrected chi connectivity index (χ4v) is 3.31. The predicted molar refractivity (Wildman–Crippen MR) is 94.6 cm³/mol. The number of benzene rings is 1. The molecule has 0 spiro atoms. The minimum atomic E-state index is -0.440. The highest BCUT2D eigenvalue weighted by atomic mass is 32.1. The van der Waals surface area contributed by atoms with Gasteiger partial charge in [-0.15, -0.1) is 11.3 Å². The molecule has 1 aliphatic rings. The molecule has 0 aliphatic heterocycles. The van der Waals surface area contributed by atoms with Gasteiger partial charge in [0, 0.05) is 29.6 Å². The molecule has 1 aromatic heterocycles. The molecular weight excluding hydrogens is 326 g/mol. The molecule has 1 amide bonds. The van der Waals surface area contributed by atoms with Gasteiger partial charge in [0.15, 0.2) is 0 Å². The molecule has 1 heterocycles. The van der Waals surface area contributed by atoms with Gasteiger partial charge in [-0.25, -0.2) is 0 Å². The van der Waals surface area contributed by atoms with Crippen molar-refractivity contribution in [3.05, 3.63) is 56.3 Å². The predicted octanol–water partition coefficient (Wildman–Crippen LogP) is 4.06. The highest BCUT2D eigenvalue weighted by Gasteiger charge is 2.27. The fourth-order valence-electron chi connectivity index (χ4n) is 2.48. The summed E-state index contributed by atoms with van der Waals surface area (Å²) in [6.45, 7) is 1.95. The normalized spacial score (nSPS) is 14.9. The first-order valence-electron chi connectivity index (χ1n) is 7.83. The van der Waals surface area contributed by atoms with E-state index < -0.39 is 4.92 Å². The number of thiophene rings is 1. The van der Waals surface area contributed by atoms with Crippen LogP contribution in [0, 0.1) is 10.1 Å². The topological polar surface area (TPSA) is 75.5 Å².